The van der Waals surface area contributed by atoms with Gasteiger partial charge in [-0.25, -0.2) is 5.43 Å². The molecular weight excluding hydrogens is 406 g/mol. The van der Waals surface area contributed by atoms with E-state index < -0.39 is 5.92 Å². The molecule has 1 aliphatic rings. The van der Waals surface area contributed by atoms with E-state index in [0.29, 0.717) is 17.1 Å². The smallest absolute Gasteiger partial charge is 0.245 e. The van der Waals surface area contributed by atoms with Crippen LogP contribution in [0.2, 0.25) is 5.02 Å². The van der Waals surface area contributed by atoms with Gasteiger partial charge in [0.25, 0.3) is 0 Å². The van der Waals surface area contributed by atoms with Gasteiger partial charge < -0.3 is 4.90 Å². The highest BCUT2D eigenvalue weighted by molar-refractivity contribution is 9.10. The molecule has 25 heavy (non-hydrogen) atoms. The third-order valence-corrected chi connectivity index (χ3v) is 4.79. The van der Waals surface area contributed by atoms with Gasteiger partial charge in [-0.2, -0.15) is 5.10 Å². The van der Waals surface area contributed by atoms with Crippen molar-refractivity contribution < 1.29 is 9.59 Å². The molecule has 1 N–H and O–H groups in total. The lowest BCUT2D eigenvalue weighted by Gasteiger charge is -2.16. The number of carbonyl (C=O) groups is 2. The summed E-state index contributed by atoms with van der Waals surface area (Å²) in [6, 6.07) is 14.6. The summed E-state index contributed by atoms with van der Waals surface area (Å²) in [5.41, 5.74) is 3.98. The van der Waals surface area contributed by atoms with E-state index in [0.717, 1.165) is 10.2 Å². The van der Waals surface area contributed by atoms with E-state index in [2.05, 4.69) is 26.5 Å². The number of nitrogens with one attached hydrogen (secondary N) is 1. The number of hydrazone groups is 1. The Morgan fingerprint density at radius 2 is 1.96 bits per heavy atom. The quantitative estimate of drug-likeness (QED) is 0.607. The van der Waals surface area contributed by atoms with Crippen LogP contribution >= 0.6 is 27.5 Å². The van der Waals surface area contributed by atoms with Crippen LogP contribution in [0.5, 0.6) is 0 Å². The van der Waals surface area contributed by atoms with Gasteiger partial charge in [-0.3, -0.25) is 9.59 Å². The zero-order valence-electron chi connectivity index (χ0n) is 13.2. The Balaban J connectivity index is 1.61. The van der Waals surface area contributed by atoms with Crippen molar-refractivity contribution in [2.45, 2.75) is 6.42 Å². The first-order valence-electron chi connectivity index (χ1n) is 7.68. The van der Waals surface area contributed by atoms with E-state index in [1.54, 1.807) is 17.0 Å². The van der Waals surface area contributed by atoms with Crippen molar-refractivity contribution in [1.29, 1.82) is 0 Å². The van der Waals surface area contributed by atoms with Crippen LogP contribution in [0, 0.1) is 5.92 Å². The minimum absolute atomic E-state index is 0.0717. The van der Waals surface area contributed by atoms with Crippen LogP contribution in [0.3, 0.4) is 0 Å². The van der Waals surface area contributed by atoms with Gasteiger partial charge >= 0.3 is 0 Å². The Labute approximate surface area is 158 Å². The fourth-order valence-corrected chi connectivity index (χ4v) is 3.04. The molecule has 3 rings (SSSR count). The lowest BCUT2D eigenvalue weighted by molar-refractivity contribution is -0.126. The number of amides is 2. The van der Waals surface area contributed by atoms with E-state index in [4.69, 9.17) is 11.6 Å². The molecule has 2 aromatic rings. The second-order valence-corrected chi connectivity index (χ2v) is 6.96. The normalized spacial score (nSPS) is 17.3. The molecule has 128 valence electrons. The molecule has 2 amide bonds. The first kappa shape index (κ1) is 17.6. The summed E-state index contributed by atoms with van der Waals surface area (Å²) < 4.78 is 0.936. The predicted molar refractivity (Wildman–Crippen MR) is 102 cm³/mol. The minimum Gasteiger partial charge on any atom is -0.312 e. The van der Waals surface area contributed by atoms with Gasteiger partial charge in [-0.1, -0.05) is 45.7 Å². The first-order chi connectivity index (χ1) is 12.0. The zero-order valence-corrected chi connectivity index (χ0v) is 15.5. The molecule has 0 aromatic heterocycles. The number of halogens is 2. The standard InChI is InChI=1S/C18H15BrClN3O2/c19-14-5-7-15(8-6-14)23-11-13(9-17(23)24)18(25)22-21-10-12-3-1-2-4-16(12)20/h1-8,10,13H,9,11H2,(H,22,25)/b21-10-/t13-/m0/s1. The van der Waals surface area contributed by atoms with Gasteiger partial charge in [-0.05, 0) is 30.3 Å². The van der Waals surface area contributed by atoms with Gasteiger partial charge in [0.15, 0.2) is 0 Å². The molecule has 0 bridgehead atoms. The highest BCUT2D eigenvalue weighted by Gasteiger charge is 2.35. The number of benzene rings is 2. The molecule has 2 aromatic carbocycles. The van der Waals surface area contributed by atoms with Gasteiger partial charge in [0.1, 0.15) is 0 Å². The maximum atomic E-state index is 12.3. The maximum absolute atomic E-state index is 12.3. The Morgan fingerprint density at radius 3 is 2.68 bits per heavy atom. The van der Waals surface area contributed by atoms with Crippen molar-refractivity contribution in [2.24, 2.45) is 11.0 Å². The molecule has 1 fully saturated rings. The molecule has 5 nitrogen and oxygen atoms in total. The Morgan fingerprint density at radius 1 is 1.24 bits per heavy atom. The third-order valence-electron chi connectivity index (χ3n) is 3.92. The summed E-state index contributed by atoms with van der Waals surface area (Å²) in [7, 11) is 0. The van der Waals surface area contributed by atoms with Gasteiger partial charge in [0.05, 0.1) is 12.1 Å². The fraction of sp³-hybridized carbons (Fsp3) is 0.167. The average Bonchev–Trinajstić information content (AvgIpc) is 2.99. The number of nitrogens with zero attached hydrogens (tertiary/aromatic N) is 2. The molecule has 0 unspecified atom stereocenters. The van der Waals surface area contributed by atoms with Crippen LogP contribution in [0.1, 0.15) is 12.0 Å². The molecule has 7 heteroatoms. The van der Waals surface area contributed by atoms with Crippen molar-refractivity contribution in [3.05, 3.63) is 63.6 Å². The van der Waals surface area contributed by atoms with Crippen LogP contribution in [0.15, 0.2) is 58.1 Å². The fourth-order valence-electron chi connectivity index (χ4n) is 2.59. The third kappa shape index (κ3) is 4.27. The summed E-state index contributed by atoms with van der Waals surface area (Å²) in [6.07, 6.45) is 1.66. The molecule has 1 heterocycles. The second kappa shape index (κ2) is 7.80. The van der Waals surface area contributed by atoms with Crippen molar-refractivity contribution in [3.8, 4) is 0 Å². The van der Waals surface area contributed by atoms with Crippen LogP contribution < -0.4 is 10.3 Å². The number of hydrogen-bond donors (Lipinski definition) is 1. The van der Waals surface area contributed by atoms with Crippen molar-refractivity contribution >= 4 is 51.2 Å². The van der Waals surface area contributed by atoms with Crippen molar-refractivity contribution in [1.82, 2.24) is 5.43 Å². The summed E-state index contributed by atoms with van der Waals surface area (Å²) in [4.78, 5) is 26.1. The predicted octanol–water partition coefficient (Wildman–Crippen LogP) is 3.61. The van der Waals surface area contributed by atoms with E-state index in [1.807, 2.05) is 36.4 Å². The first-order valence-corrected chi connectivity index (χ1v) is 8.85. The highest BCUT2D eigenvalue weighted by atomic mass is 79.9. The molecule has 0 radical (unpaired) electrons. The second-order valence-electron chi connectivity index (χ2n) is 5.64. The molecule has 0 saturated carbocycles. The monoisotopic (exact) mass is 419 g/mol. The molecular formula is C18H15BrClN3O2. The van der Waals surface area contributed by atoms with Crippen LogP contribution in [-0.2, 0) is 9.59 Å². The van der Waals surface area contributed by atoms with Crippen LogP contribution in [0.4, 0.5) is 5.69 Å². The number of anilines is 1. The van der Waals surface area contributed by atoms with Gasteiger partial charge in [0, 0.05) is 33.7 Å². The highest BCUT2D eigenvalue weighted by Crippen LogP contribution is 2.26. The molecule has 1 saturated heterocycles. The Bertz CT molecular complexity index is 823. The average molecular weight is 421 g/mol. The Kier molecular flexibility index (Phi) is 5.50. The summed E-state index contributed by atoms with van der Waals surface area (Å²) >= 11 is 9.39. The molecule has 1 atom stereocenters. The zero-order chi connectivity index (χ0) is 17.8. The maximum Gasteiger partial charge on any atom is 0.245 e. The van der Waals surface area contributed by atoms with Crippen molar-refractivity contribution in [3.63, 3.8) is 0 Å². The lowest BCUT2D eigenvalue weighted by atomic mass is 10.1. The van der Waals surface area contributed by atoms with Gasteiger partial charge in [0.2, 0.25) is 11.8 Å². The molecule has 0 aliphatic carbocycles. The minimum atomic E-state index is -0.431. The summed E-state index contributed by atoms with van der Waals surface area (Å²) in [5.74, 6) is -0.784. The topological polar surface area (TPSA) is 61.8 Å². The number of rotatable bonds is 4. The number of carbonyl (C=O) groups excluding carboxylic acids is 2. The van der Waals surface area contributed by atoms with E-state index in [-0.39, 0.29) is 18.2 Å². The molecule has 1 aliphatic heterocycles. The van der Waals surface area contributed by atoms with E-state index in [1.165, 1.54) is 6.21 Å². The Hall–Kier alpha value is -2.18. The summed E-state index contributed by atoms with van der Waals surface area (Å²) in [6.45, 7) is 0.341. The van der Waals surface area contributed by atoms with Crippen LogP contribution in [-0.4, -0.2) is 24.6 Å². The lowest BCUT2D eigenvalue weighted by Crippen LogP contribution is -2.30. The largest absolute Gasteiger partial charge is 0.312 e. The molecule has 0 spiro atoms. The van der Waals surface area contributed by atoms with Crippen molar-refractivity contribution in [2.75, 3.05) is 11.4 Å². The SMILES string of the molecule is O=C(N/N=C\c1ccccc1Cl)[C@H]1CC(=O)N(c2ccc(Br)cc2)C1. The van der Waals surface area contributed by atoms with Gasteiger partial charge in [-0.15, -0.1) is 0 Å². The van der Waals surface area contributed by atoms with Crippen LogP contribution in [0.25, 0.3) is 0 Å². The number of hydrogen-bond acceptors (Lipinski definition) is 3. The van der Waals surface area contributed by atoms with E-state index >= 15 is 0 Å². The van der Waals surface area contributed by atoms with E-state index in [9.17, 15) is 9.59 Å². The summed E-state index contributed by atoms with van der Waals surface area (Å²) in [5, 5.41) is 4.49.